The third kappa shape index (κ3) is 2.96. The van der Waals surface area contributed by atoms with E-state index in [1.165, 1.54) is 0 Å². The van der Waals surface area contributed by atoms with E-state index >= 15 is 0 Å². The number of benzene rings is 1. The van der Waals surface area contributed by atoms with Crippen molar-refractivity contribution in [3.63, 3.8) is 0 Å². The summed E-state index contributed by atoms with van der Waals surface area (Å²) in [5, 5.41) is 12.5. The zero-order valence-corrected chi connectivity index (χ0v) is 11.0. The molecule has 0 aliphatic carbocycles. The molecule has 2 aromatic rings. The van der Waals surface area contributed by atoms with E-state index in [9.17, 15) is 0 Å². The van der Waals surface area contributed by atoms with Gasteiger partial charge in [0.1, 0.15) is 11.8 Å². The van der Waals surface area contributed by atoms with Crippen LogP contribution in [0.2, 0.25) is 5.02 Å². The van der Waals surface area contributed by atoms with E-state index in [-0.39, 0.29) is 0 Å². The number of rotatable bonds is 2. The van der Waals surface area contributed by atoms with Crippen LogP contribution in [0.3, 0.4) is 0 Å². The molecule has 0 fully saturated rings. The van der Waals surface area contributed by atoms with Crippen LogP contribution in [-0.2, 0) is 0 Å². The summed E-state index contributed by atoms with van der Waals surface area (Å²) >= 11 is 9.42. The van der Waals surface area contributed by atoms with Crippen LogP contribution in [0, 0.1) is 11.3 Å². The number of pyridine rings is 1. The number of anilines is 2. The fourth-order valence-corrected chi connectivity index (χ4v) is 2.04. The molecule has 0 atom stereocenters. The largest absolute Gasteiger partial charge is 0.354 e. The molecule has 2 rings (SSSR count). The molecule has 3 nitrogen and oxygen atoms in total. The Morgan fingerprint density at radius 3 is 2.82 bits per heavy atom. The third-order valence-corrected chi connectivity index (χ3v) is 2.89. The maximum atomic E-state index is 8.75. The quantitative estimate of drug-likeness (QED) is 0.908. The van der Waals surface area contributed by atoms with Gasteiger partial charge < -0.3 is 5.32 Å². The SMILES string of the molecule is N#Cc1cc(Nc2ccc(Br)cc2Cl)ccn1. The van der Waals surface area contributed by atoms with Crippen LogP contribution in [0.4, 0.5) is 11.4 Å². The van der Waals surface area contributed by atoms with E-state index in [4.69, 9.17) is 16.9 Å². The van der Waals surface area contributed by atoms with Crippen molar-refractivity contribution in [2.45, 2.75) is 0 Å². The van der Waals surface area contributed by atoms with E-state index in [1.54, 1.807) is 24.4 Å². The Morgan fingerprint density at radius 2 is 2.12 bits per heavy atom. The number of hydrogen-bond acceptors (Lipinski definition) is 3. The van der Waals surface area contributed by atoms with Crippen molar-refractivity contribution in [2.75, 3.05) is 5.32 Å². The number of nitrogens with zero attached hydrogens (tertiary/aromatic N) is 2. The highest BCUT2D eigenvalue weighted by Crippen LogP contribution is 2.28. The molecule has 84 valence electrons. The first-order chi connectivity index (χ1) is 8.19. The van der Waals surface area contributed by atoms with Crippen LogP contribution in [0.1, 0.15) is 5.69 Å². The normalized spacial score (nSPS) is 9.71. The molecule has 1 N–H and O–H groups in total. The molecule has 1 aromatic heterocycles. The highest BCUT2D eigenvalue weighted by atomic mass is 79.9. The Kier molecular flexibility index (Phi) is 3.62. The topological polar surface area (TPSA) is 48.7 Å². The summed E-state index contributed by atoms with van der Waals surface area (Å²) in [6.07, 6.45) is 1.58. The minimum Gasteiger partial charge on any atom is -0.354 e. The predicted molar refractivity (Wildman–Crippen MR) is 71.4 cm³/mol. The molecule has 5 heteroatoms. The first-order valence-corrected chi connectivity index (χ1v) is 5.94. The van der Waals surface area contributed by atoms with Gasteiger partial charge in [-0.1, -0.05) is 27.5 Å². The van der Waals surface area contributed by atoms with Crippen molar-refractivity contribution in [1.29, 1.82) is 5.26 Å². The van der Waals surface area contributed by atoms with Crippen molar-refractivity contribution in [2.24, 2.45) is 0 Å². The lowest BCUT2D eigenvalue weighted by Gasteiger charge is -2.08. The second-order valence-electron chi connectivity index (χ2n) is 3.29. The molecule has 0 bridgehead atoms. The lowest BCUT2D eigenvalue weighted by atomic mass is 10.3. The lowest BCUT2D eigenvalue weighted by Crippen LogP contribution is -1.92. The van der Waals surface area contributed by atoms with Gasteiger partial charge in [-0.25, -0.2) is 4.98 Å². The van der Waals surface area contributed by atoms with Crippen molar-refractivity contribution in [3.8, 4) is 6.07 Å². The molecule has 1 heterocycles. The van der Waals surface area contributed by atoms with Crippen molar-refractivity contribution < 1.29 is 0 Å². The summed E-state index contributed by atoms with van der Waals surface area (Å²) in [4.78, 5) is 3.89. The average molecular weight is 309 g/mol. The maximum Gasteiger partial charge on any atom is 0.142 e. The smallest absolute Gasteiger partial charge is 0.142 e. The molecule has 1 aromatic carbocycles. The fraction of sp³-hybridized carbons (Fsp3) is 0. The van der Waals surface area contributed by atoms with Crippen molar-refractivity contribution in [3.05, 3.63) is 51.7 Å². The highest BCUT2D eigenvalue weighted by Gasteiger charge is 2.02. The molecule has 0 saturated carbocycles. The Hall–Kier alpha value is -1.57. The molecule has 0 unspecified atom stereocenters. The minimum absolute atomic E-state index is 0.364. The average Bonchev–Trinajstić information content (AvgIpc) is 2.33. The van der Waals surface area contributed by atoms with Gasteiger partial charge in [0.15, 0.2) is 0 Å². The van der Waals surface area contributed by atoms with E-state index in [0.717, 1.165) is 15.8 Å². The number of nitrogens with one attached hydrogen (secondary N) is 1. The van der Waals surface area contributed by atoms with E-state index in [0.29, 0.717) is 10.7 Å². The van der Waals surface area contributed by atoms with Crippen LogP contribution >= 0.6 is 27.5 Å². The molecule has 17 heavy (non-hydrogen) atoms. The number of hydrogen-bond donors (Lipinski definition) is 1. The Morgan fingerprint density at radius 1 is 1.29 bits per heavy atom. The van der Waals surface area contributed by atoms with Crippen molar-refractivity contribution in [1.82, 2.24) is 4.98 Å². The molecular formula is C12H7BrClN3. The number of nitriles is 1. The first-order valence-electron chi connectivity index (χ1n) is 4.77. The summed E-state index contributed by atoms with van der Waals surface area (Å²) in [6.45, 7) is 0. The van der Waals surface area contributed by atoms with Gasteiger partial charge in [0, 0.05) is 16.4 Å². The van der Waals surface area contributed by atoms with Crippen LogP contribution in [0.5, 0.6) is 0 Å². The molecule has 0 spiro atoms. The predicted octanol–water partition coefficient (Wildman–Crippen LogP) is 4.11. The summed E-state index contributed by atoms with van der Waals surface area (Å²) in [6, 6.07) is 11.0. The van der Waals surface area contributed by atoms with Gasteiger partial charge in [0.05, 0.1) is 10.7 Å². The molecule has 0 aliphatic heterocycles. The van der Waals surface area contributed by atoms with Gasteiger partial charge >= 0.3 is 0 Å². The monoisotopic (exact) mass is 307 g/mol. The summed E-state index contributed by atoms with van der Waals surface area (Å²) in [5.74, 6) is 0. The highest BCUT2D eigenvalue weighted by molar-refractivity contribution is 9.10. The summed E-state index contributed by atoms with van der Waals surface area (Å²) in [5.41, 5.74) is 1.92. The lowest BCUT2D eigenvalue weighted by molar-refractivity contribution is 1.26. The Labute approximate surface area is 112 Å². The Bertz CT molecular complexity index is 593. The van der Waals surface area contributed by atoms with Crippen LogP contribution < -0.4 is 5.32 Å². The van der Waals surface area contributed by atoms with Gasteiger partial charge in [-0.2, -0.15) is 5.26 Å². The zero-order chi connectivity index (χ0) is 12.3. The maximum absolute atomic E-state index is 8.75. The fourth-order valence-electron chi connectivity index (χ4n) is 1.32. The molecular weight excluding hydrogens is 302 g/mol. The van der Waals surface area contributed by atoms with Crippen LogP contribution in [-0.4, -0.2) is 4.98 Å². The van der Waals surface area contributed by atoms with Crippen LogP contribution in [0.15, 0.2) is 41.0 Å². The van der Waals surface area contributed by atoms with Crippen LogP contribution in [0.25, 0.3) is 0 Å². The molecule has 0 aliphatic rings. The zero-order valence-electron chi connectivity index (χ0n) is 8.61. The van der Waals surface area contributed by atoms with E-state index in [2.05, 4.69) is 26.2 Å². The molecule has 0 amide bonds. The summed E-state index contributed by atoms with van der Waals surface area (Å²) < 4.78 is 0.917. The second kappa shape index (κ2) is 5.17. The van der Waals surface area contributed by atoms with Gasteiger partial charge in [0.2, 0.25) is 0 Å². The van der Waals surface area contributed by atoms with Gasteiger partial charge in [-0.05, 0) is 30.3 Å². The molecule has 0 saturated heterocycles. The standard InChI is InChI=1S/C12H7BrClN3/c13-8-1-2-12(11(14)5-8)17-9-3-4-16-10(6-9)7-15/h1-6H,(H,16,17). The molecule has 0 radical (unpaired) electrons. The number of halogens is 2. The van der Waals surface area contributed by atoms with Crippen molar-refractivity contribution >= 4 is 38.9 Å². The summed E-state index contributed by atoms with van der Waals surface area (Å²) in [7, 11) is 0. The second-order valence-corrected chi connectivity index (χ2v) is 4.61. The van der Waals surface area contributed by atoms with Gasteiger partial charge in [-0.3, -0.25) is 0 Å². The van der Waals surface area contributed by atoms with E-state index in [1.807, 2.05) is 18.2 Å². The Balaban J connectivity index is 2.28. The third-order valence-electron chi connectivity index (χ3n) is 2.08. The number of aromatic nitrogens is 1. The minimum atomic E-state index is 0.364. The van der Waals surface area contributed by atoms with Gasteiger partial charge in [0.25, 0.3) is 0 Å². The van der Waals surface area contributed by atoms with Gasteiger partial charge in [-0.15, -0.1) is 0 Å². The first kappa shape index (κ1) is 11.9. The van der Waals surface area contributed by atoms with E-state index < -0.39 is 0 Å².